The number of hydrogen-bond acceptors (Lipinski definition) is 1. The summed E-state index contributed by atoms with van der Waals surface area (Å²) in [4.78, 5) is 0. The molecule has 1 nitrogen and oxygen atoms in total. The predicted octanol–water partition coefficient (Wildman–Crippen LogP) is 2.54. The van der Waals surface area contributed by atoms with Gasteiger partial charge in [0.25, 0.3) is 0 Å². The molecule has 0 radical (unpaired) electrons. The van der Waals surface area contributed by atoms with E-state index in [4.69, 9.17) is 5.73 Å². The Hall–Kier alpha value is -0.890. The zero-order valence-corrected chi connectivity index (χ0v) is 7.47. The maximum absolute atomic E-state index is 13.2. The van der Waals surface area contributed by atoms with E-state index in [1.165, 1.54) is 6.07 Å². The number of rotatable bonds is 2. The third kappa shape index (κ3) is 1.83. The molecule has 2 heteroatoms. The lowest BCUT2D eigenvalue weighted by molar-refractivity contribution is 0.574. The summed E-state index contributed by atoms with van der Waals surface area (Å²) in [6.45, 7) is 3.81. The molecular weight excluding hydrogens is 153 g/mol. The third-order valence-electron chi connectivity index (χ3n) is 2.00. The van der Waals surface area contributed by atoms with Gasteiger partial charge in [-0.05, 0) is 25.0 Å². The molecule has 0 aliphatic carbocycles. The highest BCUT2D eigenvalue weighted by molar-refractivity contribution is 5.25. The van der Waals surface area contributed by atoms with Gasteiger partial charge in [-0.1, -0.05) is 19.1 Å². The first kappa shape index (κ1) is 9.20. The highest BCUT2D eigenvalue weighted by Crippen LogP contribution is 2.18. The van der Waals surface area contributed by atoms with Gasteiger partial charge in [-0.25, -0.2) is 4.39 Å². The molecule has 0 aromatic heterocycles. The average Bonchev–Trinajstić information content (AvgIpc) is 2.03. The second kappa shape index (κ2) is 3.68. The summed E-state index contributed by atoms with van der Waals surface area (Å²) in [5.74, 6) is -0.190. The van der Waals surface area contributed by atoms with Crippen LogP contribution >= 0.6 is 0 Å². The SMILES string of the molecule is CCC(N)c1ccc(C)cc1F. The van der Waals surface area contributed by atoms with Crippen molar-refractivity contribution in [2.75, 3.05) is 0 Å². The van der Waals surface area contributed by atoms with Gasteiger partial charge in [0, 0.05) is 11.6 Å². The van der Waals surface area contributed by atoms with Crippen molar-refractivity contribution in [3.63, 3.8) is 0 Å². The monoisotopic (exact) mass is 167 g/mol. The van der Waals surface area contributed by atoms with Gasteiger partial charge < -0.3 is 5.73 Å². The molecule has 1 aromatic carbocycles. The Labute approximate surface area is 72.4 Å². The molecule has 0 spiro atoms. The molecule has 0 bridgehead atoms. The van der Waals surface area contributed by atoms with Crippen LogP contribution in [0.2, 0.25) is 0 Å². The van der Waals surface area contributed by atoms with Crippen LogP contribution in [0.1, 0.15) is 30.5 Å². The summed E-state index contributed by atoms with van der Waals surface area (Å²) in [5, 5.41) is 0. The normalized spacial score (nSPS) is 13.0. The molecule has 0 fully saturated rings. The number of nitrogens with two attached hydrogens (primary N) is 1. The quantitative estimate of drug-likeness (QED) is 0.719. The Kier molecular flexibility index (Phi) is 2.82. The van der Waals surface area contributed by atoms with Gasteiger partial charge in [0.2, 0.25) is 0 Å². The van der Waals surface area contributed by atoms with Gasteiger partial charge >= 0.3 is 0 Å². The Morgan fingerprint density at radius 3 is 2.67 bits per heavy atom. The van der Waals surface area contributed by atoms with E-state index >= 15 is 0 Å². The van der Waals surface area contributed by atoms with Crippen LogP contribution in [-0.4, -0.2) is 0 Å². The molecule has 1 rings (SSSR count). The van der Waals surface area contributed by atoms with E-state index in [1.807, 2.05) is 19.9 Å². The summed E-state index contributed by atoms with van der Waals surface area (Å²) in [6.07, 6.45) is 0.764. The minimum Gasteiger partial charge on any atom is -0.324 e. The summed E-state index contributed by atoms with van der Waals surface area (Å²) in [6, 6.07) is 4.99. The molecule has 1 unspecified atom stereocenters. The fraction of sp³-hybridized carbons (Fsp3) is 0.400. The topological polar surface area (TPSA) is 26.0 Å². The van der Waals surface area contributed by atoms with E-state index in [-0.39, 0.29) is 11.9 Å². The van der Waals surface area contributed by atoms with E-state index in [9.17, 15) is 4.39 Å². The molecule has 66 valence electrons. The molecule has 0 saturated heterocycles. The fourth-order valence-corrected chi connectivity index (χ4v) is 1.15. The number of aryl methyl sites for hydroxylation is 1. The lowest BCUT2D eigenvalue weighted by Crippen LogP contribution is -2.10. The minimum atomic E-state index is -0.190. The van der Waals surface area contributed by atoms with Gasteiger partial charge in [-0.15, -0.1) is 0 Å². The van der Waals surface area contributed by atoms with Crippen LogP contribution in [0.4, 0.5) is 4.39 Å². The van der Waals surface area contributed by atoms with Crippen LogP contribution in [0.3, 0.4) is 0 Å². The Balaban J connectivity index is 3.01. The lowest BCUT2D eigenvalue weighted by atomic mass is 10.0. The highest BCUT2D eigenvalue weighted by atomic mass is 19.1. The van der Waals surface area contributed by atoms with Crippen LogP contribution in [0, 0.1) is 12.7 Å². The smallest absolute Gasteiger partial charge is 0.128 e. The van der Waals surface area contributed by atoms with Crippen molar-refractivity contribution in [2.45, 2.75) is 26.3 Å². The Morgan fingerprint density at radius 1 is 1.50 bits per heavy atom. The molecule has 12 heavy (non-hydrogen) atoms. The summed E-state index contributed by atoms with van der Waals surface area (Å²) < 4.78 is 13.2. The van der Waals surface area contributed by atoms with Crippen molar-refractivity contribution in [1.82, 2.24) is 0 Å². The fourth-order valence-electron chi connectivity index (χ4n) is 1.15. The van der Waals surface area contributed by atoms with Crippen molar-refractivity contribution >= 4 is 0 Å². The van der Waals surface area contributed by atoms with E-state index in [2.05, 4.69) is 0 Å². The molecule has 0 saturated carbocycles. The highest BCUT2D eigenvalue weighted by Gasteiger charge is 2.08. The molecule has 0 aliphatic rings. The number of halogens is 1. The van der Waals surface area contributed by atoms with E-state index in [0.717, 1.165) is 12.0 Å². The van der Waals surface area contributed by atoms with E-state index in [1.54, 1.807) is 6.07 Å². The van der Waals surface area contributed by atoms with E-state index in [0.29, 0.717) is 5.56 Å². The zero-order chi connectivity index (χ0) is 9.14. The molecule has 1 atom stereocenters. The van der Waals surface area contributed by atoms with Crippen molar-refractivity contribution in [3.05, 3.63) is 35.1 Å². The van der Waals surface area contributed by atoms with Crippen LogP contribution in [0.25, 0.3) is 0 Å². The first-order valence-electron chi connectivity index (χ1n) is 4.16. The Morgan fingerprint density at radius 2 is 2.17 bits per heavy atom. The van der Waals surface area contributed by atoms with Crippen molar-refractivity contribution in [3.8, 4) is 0 Å². The molecule has 0 amide bonds. The maximum Gasteiger partial charge on any atom is 0.128 e. The molecule has 1 aromatic rings. The third-order valence-corrected chi connectivity index (χ3v) is 2.00. The first-order valence-corrected chi connectivity index (χ1v) is 4.16. The predicted molar refractivity (Wildman–Crippen MR) is 48.4 cm³/mol. The number of hydrogen-bond donors (Lipinski definition) is 1. The van der Waals surface area contributed by atoms with Gasteiger partial charge in [0.05, 0.1) is 0 Å². The molecule has 2 N–H and O–H groups in total. The first-order chi connectivity index (χ1) is 5.65. The average molecular weight is 167 g/mol. The summed E-state index contributed by atoms with van der Waals surface area (Å²) >= 11 is 0. The van der Waals surface area contributed by atoms with Gasteiger partial charge in [0.1, 0.15) is 5.82 Å². The summed E-state index contributed by atoms with van der Waals surface area (Å²) in [5.41, 5.74) is 7.25. The standard InChI is InChI=1S/C10H14FN/c1-3-10(12)8-5-4-7(2)6-9(8)11/h4-6,10H,3,12H2,1-2H3. The van der Waals surface area contributed by atoms with Crippen LogP contribution in [-0.2, 0) is 0 Å². The zero-order valence-electron chi connectivity index (χ0n) is 7.47. The van der Waals surface area contributed by atoms with Crippen molar-refractivity contribution in [2.24, 2.45) is 5.73 Å². The molecular formula is C10H14FN. The molecule has 0 aliphatic heterocycles. The van der Waals surface area contributed by atoms with E-state index < -0.39 is 0 Å². The van der Waals surface area contributed by atoms with Gasteiger partial charge in [-0.2, -0.15) is 0 Å². The maximum atomic E-state index is 13.2. The minimum absolute atomic E-state index is 0.175. The van der Waals surface area contributed by atoms with Crippen molar-refractivity contribution < 1.29 is 4.39 Å². The van der Waals surface area contributed by atoms with Gasteiger partial charge in [0.15, 0.2) is 0 Å². The van der Waals surface area contributed by atoms with Crippen LogP contribution in [0.5, 0.6) is 0 Å². The Bertz CT molecular complexity index is 271. The largest absolute Gasteiger partial charge is 0.324 e. The second-order valence-electron chi connectivity index (χ2n) is 3.04. The summed E-state index contributed by atoms with van der Waals surface area (Å²) in [7, 11) is 0. The van der Waals surface area contributed by atoms with Crippen molar-refractivity contribution in [1.29, 1.82) is 0 Å². The van der Waals surface area contributed by atoms with Crippen LogP contribution < -0.4 is 5.73 Å². The van der Waals surface area contributed by atoms with Crippen LogP contribution in [0.15, 0.2) is 18.2 Å². The lowest BCUT2D eigenvalue weighted by Gasteiger charge is -2.10. The second-order valence-corrected chi connectivity index (χ2v) is 3.04. The molecule has 0 heterocycles. The number of benzene rings is 1. The van der Waals surface area contributed by atoms with Gasteiger partial charge in [-0.3, -0.25) is 0 Å².